The Morgan fingerprint density at radius 1 is 1.58 bits per heavy atom. The maximum Gasteiger partial charge on any atom is 0.126 e. The van der Waals surface area contributed by atoms with E-state index in [4.69, 9.17) is 21.4 Å². The van der Waals surface area contributed by atoms with Crippen LogP contribution in [0.15, 0.2) is 12.1 Å². The molecule has 0 aliphatic rings. The molecule has 1 N–H and O–H groups in total. The van der Waals surface area contributed by atoms with Crippen molar-refractivity contribution in [1.29, 1.82) is 0 Å². The van der Waals surface area contributed by atoms with Crippen LogP contribution in [0.4, 0.5) is 0 Å². The SMILES string of the molecule is COc1cc(Cl)cc(I)c1CO. The van der Waals surface area contributed by atoms with Crippen molar-refractivity contribution in [2.24, 2.45) is 0 Å². The smallest absolute Gasteiger partial charge is 0.126 e. The van der Waals surface area contributed by atoms with E-state index in [1.165, 1.54) is 0 Å². The van der Waals surface area contributed by atoms with Crippen LogP contribution in [-0.4, -0.2) is 12.2 Å². The summed E-state index contributed by atoms with van der Waals surface area (Å²) in [5.74, 6) is 0.634. The van der Waals surface area contributed by atoms with Crippen molar-refractivity contribution < 1.29 is 9.84 Å². The molecule has 2 nitrogen and oxygen atoms in total. The van der Waals surface area contributed by atoms with Gasteiger partial charge in [0.25, 0.3) is 0 Å². The summed E-state index contributed by atoms with van der Waals surface area (Å²) >= 11 is 7.90. The summed E-state index contributed by atoms with van der Waals surface area (Å²) in [6.07, 6.45) is 0. The number of aliphatic hydroxyl groups is 1. The molecule has 0 heterocycles. The predicted octanol–water partition coefficient (Wildman–Crippen LogP) is 2.45. The minimum Gasteiger partial charge on any atom is -0.496 e. The predicted molar refractivity (Wildman–Crippen MR) is 56.6 cm³/mol. The van der Waals surface area contributed by atoms with Crippen LogP contribution in [-0.2, 0) is 6.61 Å². The molecular formula is C8H8ClIO2. The molecule has 0 saturated carbocycles. The Hall–Kier alpha value is -0.0000000000000000763. The van der Waals surface area contributed by atoms with Crippen molar-refractivity contribution in [1.82, 2.24) is 0 Å². The zero-order valence-electron chi connectivity index (χ0n) is 6.47. The van der Waals surface area contributed by atoms with E-state index in [0.29, 0.717) is 10.8 Å². The van der Waals surface area contributed by atoms with Gasteiger partial charge in [-0.3, -0.25) is 0 Å². The van der Waals surface area contributed by atoms with Gasteiger partial charge in [-0.15, -0.1) is 0 Å². The maximum atomic E-state index is 8.99. The second-order valence-electron chi connectivity index (χ2n) is 2.23. The van der Waals surface area contributed by atoms with Crippen LogP contribution in [0.25, 0.3) is 0 Å². The first-order valence-corrected chi connectivity index (χ1v) is 4.77. The van der Waals surface area contributed by atoms with Gasteiger partial charge in [-0.2, -0.15) is 0 Å². The summed E-state index contributed by atoms with van der Waals surface area (Å²) in [7, 11) is 1.56. The molecule has 0 spiro atoms. The van der Waals surface area contributed by atoms with Gasteiger partial charge < -0.3 is 9.84 Å². The molecule has 0 fully saturated rings. The van der Waals surface area contributed by atoms with Crippen LogP contribution in [0, 0.1) is 3.57 Å². The molecule has 0 saturated heterocycles. The standard InChI is InChI=1S/C8H8ClIO2/c1-12-8-3-5(9)2-7(10)6(8)4-11/h2-3,11H,4H2,1H3. The molecule has 0 atom stereocenters. The second-order valence-corrected chi connectivity index (χ2v) is 3.83. The first-order chi connectivity index (χ1) is 5.69. The lowest BCUT2D eigenvalue weighted by Crippen LogP contribution is -1.94. The highest BCUT2D eigenvalue weighted by atomic mass is 127. The topological polar surface area (TPSA) is 29.5 Å². The van der Waals surface area contributed by atoms with Gasteiger partial charge in [-0.05, 0) is 34.7 Å². The number of benzene rings is 1. The number of rotatable bonds is 2. The van der Waals surface area contributed by atoms with E-state index < -0.39 is 0 Å². The molecule has 1 aromatic carbocycles. The number of aliphatic hydroxyl groups excluding tert-OH is 1. The number of hydrogen-bond donors (Lipinski definition) is 1. The van der Waals surface area contributed by atoms with Crippen molar-refractivity contribution in [2.75, 3.05) is 7.11 Å². The molecular weight excluding hydrogens is 290 g/mol. The molecule has 0 aliphatic carbocycles. The van der Waals surface area contributed by atoms with Crippen molar-refractivity contribution in [2.45, 2.75) is 6.61 Å². The van der Waals surface area contributed by atoms with Crippen molar-refractivity contribution in [3.63, 3.8) is 0 Å². The minimum absolute atomic E-state index is 0.0292. The zero-order chi connectivity index (χ0) is 9.14. The van der Waals surface area contributed by atoms with Gasteiger partial charge >= 0.3 is 0 Å². The Labute approximate surface area is 89.6 Å². The molecule has 0 bridgehead atoms. The molecule has 0 aliphatic heterocycles. The van der Waals surface area contributed by atoms with Crippen molar-refractivity contribution in [3.05, 3.63) is 26.3 Å². The molecule has 1 aromatic rings. The van der Waals surface area contributed by atoms with Crippen LogP contribution in [0.2, 0.25) is 5.02 Å². The average Bonchev–Trinajstić information content (AvgIpc) is 2.03. The number of halogens is 2. The van der Waals surface area contributed by atoms with Crippen LogP contribution < -0.4 is 4.74 Å². The summed E-state index contributed by atoms with van der Waals surface area (Å²) in [5.41, 5.74) is 0.780. The third kappa shape index (κ3) is 2.02. The summed E-state index contributed by atoms with van der Waals surface area (Å²) < 4.78 is 5.96. The molecule has 66 valence electrons. The normalized spacial score (nSPS) is 10.0. The molecule has 1 rings (SSSR count). The minimum atomic E-state index is -0.0292. The van der Waals surface area contributed by atoms with Crippen LogP contribution in [0.3, 0.4) is 0 Å². The quantitative estimate of drug-likeness (QED) is 0.850. The second kappa shape index (κ2) is 4.30. The fraction of sp³-hybridized carbons (Fsp3) is 0.250. The van der Waals surface area contributed by atoms with E-state index in [1.807, 2.05) is 0 Å². The fourth-order valence-corrected chi connectivity index (χ4v) is 2.08. The highest BCUT2D eigenvalue weighted by molar-refractivity contribution is 14.1. The third-order valence-electron chi connectivity index (χ3n) is 1.50. The third-order valence-corrected chi connectivity index (χ3v) is 2.68. The first kappa shape index (κ1) is 10.1. The lowest BCUT2D eigenvalue weighted by atomic mass is 10.2. The van der Waals surface area contributed by atoms with Gasteiger partial charge in [-0.1, -0.05) is 11.6 Å². The van der Waals surface area contributed by atoms with Gasteiger partial charge in [0.2, 0.25) is 0 Å². The summed E-state index contributed by atoms with van der Waals surface area (Å²) in [6, 6.07) is 3.48. The van der Waals surface area contributed by atoms with E-state index in [1.54, 1.807) is 19.2 Å². The number of hydrogen-bond acceptors (Lipinski definition) is 2. The van der Waals surface area contributed by atoms with E-state index in [2.05, 4.69) is 22.6 Å². The van der Waals surface area contributed by atoms with Crippen molar-refractivity contribution >= 4 is 34.2 Å². The first-order valence-electron chi connectivity index (χ1n) is 3.31. The zero-order valence-corrected chi connectivity index (χ0v) is 9.39. The Bertz CT molecular complexity index is 289. The lowest BCUT2D eigenvalue weighted by molar-refractivity contribution is 0.273. The molecule has 0 radical (unpaired) electrons. The van der Waals surface area contributed by atoms with E-state index in [0.717, 1.165) is 9.13 Å². The molecule has 4 heteroatoms. The summed E-state index contributed by atoms with van der Waals surface area (Å²) in [4.78, 5) is 0. The Kier molecular flexibility index (Phi) is 3.61. The highest BCUT2D eigenvalue weighted by Gasteiger charge is 2.07. The Morgan fingerprint density at radius 2 is 2.25 bits per heavy atom. The van der Waals surface area contributed by atoms with Gasteiger partial charge in [0.15, 0.2) is 0 Å². The van der Waals surface area contributed by atoms with E-state index in [-0.39, 0.29) is 6.61 Å². The molecule has 0 unspecified atom stereocenters. The number of methoxy groups -OCH3 is 1. The van der Waals surface area contributed by atoms with Gasteiger partial charge in [0, 0.05) is 14.2 Å². The van der Waals surface area contributed by atoms with Crippen LogP contribution >= 0.6 is 34.2 Å². The monoisotopic (exact) mass is 298 g/mol. The maximum absolute atomic E-state index is 8.99. The molecule has 0 amide bonds. The van der Waals surface area contributed by atoms with E-state index >= 15 is 0 Å². The van der Waals surface area contributed by atoms with Gasteiger partial charge in [0.05, 0.1) is 13.7 Å². The van der Waals surface area contributed by atoms with Gasteiger partial charge in [-0.25, -0.2) is 0 Å². The van der Waals surface area contributed by atoms with E-state index in [9.17, 15) is 0 Å². The summed E-state index contributed by atoms with van der Waals surface area (Å²) in [5, 5.41) is 9.61. The summed E-state index contributed by atoms with van der Waals surface area (Å²) in [6.45, 7) is -0.0292. The lowest BCUT2D eigenvalue weighted by Gasteiger charge is -2.08. The average molecular weight is 299 g/mol. The molecule has 12 heavy (non-hydrogen) atoms. The number of ether oxygens (including phenoxy) is 1. The van der Waals surface area contributed by atoms with Crippen LogP contribution in [0.1, 0.15) is 5.56 Å². The molecule has 0 aromatic heterocycles. The fourth-order valence-electron chi connectivity index (χ4n) is 0.915. The Morgan fingerprint density at radius 3 is 2.75 bits per heavy atom. The largest absolute Gasteiger partial charge is 0.496 e. The van der Waals surface area contributed by atoms with Crippen LogP contribution in [0.5, 0.6) is 5.75 Å². The Balaban J connectivity index is 3.24. The van der Waals surface area contributed by atoms with Gasteiger partial charge in [0.1, 0.15) is 5.75 Å². The highest BCUT2D eigenvalue weighted by Crippen LogP contribution is 2.28. The van der Waals surface area contributed by atoms with Crippen molar-refractivity contribution in [3.8, 4) is 5.75 Å².